The van der Waals surface area contributed by atoms with E-state index < -0.39 is 10.0 Å². The fraction of sp³-hybridized carbons (Fsp3) is 0.500. The number of hydrogen-bond donors (Lipinski definition) is 2. The first-order valence-corrected chi connectivity index (χ1v) is 8.20. The highest BCUT2D eigenvalue weighted by Crippen LogP contribution is 2.27. The molecule has 0 spiro atoms. The van der Waals surface area contributed by atoms with Crippen LogP contribution in [0.1, 0.15) is 27.2 Å². The number of rotatable bonds is 7. The Kier molecular flexibility index (Phi) is 6.17. The molecule has 0 unspecified atom stereocenters. The lowest BCUT2D eigenvalue weighted by atomic mass is 10.1. The topological polar surface area (TPSA) is 84.5 Å². The largest absolute Gasteiger partial charge is 0.495 e. The van der Waals surface area contributed by atoms with Gasteiger partial charge in [-0.3, -0.25) is 4.79 Å². The molecule has 0 aliphatic carbocycles. The number of carbonyl (C=O) groups excluding carboxylic acids is 1. The first kappa shape index (κ1) is 17.5. The Morgan fingerprint density at radius 2 is 2.00 bits per heavy atom. The van der Waals surface area contributed by atoms with Crippen LogP contribution in [0.3, 0.4) is 0 Å². The molecule has 118 valence electrons. The minimum Gasteiger partial charge on any atom is -0.495 e. The molecule has 1 aromatic carbocycles. The summed E-state index contributed by atoms with van der Waals surface area (Å²) in [7, 11) is -2.16. The summed E-state index contributed by atoms with van der Waals surface area (Å²) < 4.78 is 32.0. The van der Waals surface area contributed by atoms with Crippen molar-refractivity contribution in [3.63, 3.8) is 0 Å². The second-order valence-corrected chi connectivity index (χ2v) is 6.89. The standard InChI is InChI=1S/C14H22N2O4S/c1-10(2)7-8-15-21(18,19)12-5-6-13(16-11(3)17)14(9-12)20-4/h5-6,9-10,15H,7-8H2,1-4H3,(H,16,17). The summed E-state index contributed by atoms with van der Waals surface area (Å²) in [6, 6.07) is 4.34. The molecule has 2 N–H and O–H groups in total. The number of amides is 1. The third-order valence-electron chi connectivity index (χ3n) is 2.81. The van der Waals surface area contributed by atoms with Crippen LogP contribution in [0.25, 0.3) is 0 Å². The maximum absolute atomic E-state index is 12.2. The molecule has 21 heavy (non-hydrogen) atoms. The smallest absolute Gasteiger partial charge is 0.240 e. The fourth-order valence-corrected chi connectivity index (χ4v) is 2.76. The van der Waals surface area contributed by atoms with E-state index in [1.165, 1.54) is 32.2 Å². The van der Waals surface area contributed by atoms with Crippen LogP contribution in [0.5, 0.6) is 5.75 Å². The Balaban J connectivity index is 2.95. The Hall–Kier alpha value is -1.60. The van der Waals surface area contributed by atoms with Gasteiger partial charge in [-0.1, -0.05) is 13.8 Å². The summed E-state index contributed by atoms with van der Waals surface area (Å²) in [6.07, 6.45) is 0.764. The summed E-state index contributed by atoms with van der Waals surface area (Å²) in [4.78, 5) is 11.2. The summed E-state index contributed by atoms with van der Waals surface area (Å²) in [5, 5.41) is 2.58. The normalized spacial score (nSPS) is 11.5. The molecule has 0 heterocycles. The van der Waals surface area contributed by atoms with Gasteiger partial charge in [-0.25, -0.2) is 13.1 Å². The van der Waals surface area contributed by atoms with E-state index in [1.54, 1.807) is 0 Å². The van der Waals surface area contributed by atoms with Crippen molar-refractivity contribution < 1.29 is 17.9 Å². The van der Waals surface area contributed by atoms with Crippen molar-refractivity contribution in [2.45, 2.75) is 32.1 Å². The van der Waals surface area contributed by atoms with Gasteiger partial charge in [0.15, 0.2) is 0 Å². The van der Waals surface area contributed by atoms with Crippen LogP contribution >= 0.6 is 0 Å². The number of benzene rings is 1. The number of ether oxygens (including phenoxy) is 1. The molecule has 0 aromatic heterocycles. The van der Waals surface area contributed by atoms with Crippen LogP contribution in [-0.2, 0) is 14.8 Å². The molecule has 0 saturated carbocycles. The number of carbonyl (C=O) groups is 1. The number of nitrogens with one attached hydrogen (secondary N) is 2. The van der Waals surface area contributed by atoms with Crippen LogP contribution in [0.4, 0.5) is 5.69 Å². The quantitative estimate of drug-likeness (QED) is 0.806. The maximum atomic E-state index is 12.2. The van der Waals surface area contributed by atoms with Crippen molar-refractivity contribution in [2.24, 2.45) is 5.92 Å². The molecular formula is C14H22N2O4S. The van der Waals surface area contributed by atoms with Crippen LogP contribution < -0.4 is 14.8 Å². The molecule has 0 aliphatic rings. The Morgan fingerprint density at radius 1 is 1.33 bits per heavy atom. The van der Waals surface area contributed by atoms with Crippen molar-refractivity contribution in [3.05, 3.63) is 18.2 Å². The van der Waals surface area contributed by atoms with Crippen LogP contribution in [0.2, 0.25) is 0 Å². The van der Waals surface area contributed by atoms with Gasteiger partial charge in [0.1, 0.15) is 5.75 Å². The highest BCUT2D eigenvalue weighted by molar-refractivity contribution is 7.89. The minimum absolute atomic E-state index is 0.109. The number of hydrogen-bond acceptors (Lipinski definition) is 4. The number of methoxy groups -OCH3 is 1. The molecule has 1 aromatic rings. The first-order chi connectivity index (χ1) is 9.76. The van der Waals surface area contributed by atoms with Gasteiger partial charge in [-0.2, -0.15) is 0 Å². The summed E-state index contributed by atoms with van der Waals surface area (Å²) >= 11 is 0. The monoisotopic (exact) mass is 314 g/mol. The second kappa shape index (κ2) is 7.42. The molecule has 6 nitrogen and oxygen atoms in total. The van der Waals surface area contributed by atoms with Gasteiger partial charge in [0.05, 0.1) is 17.7 Å². The van der Waals surface area contributed by atoms with Gasteiger partial charge in [0.2, 0.25) is 15.9 Å². The molecular weight excluding hydrogens is 292 g/mol. The minimum atomic E-state index is -3.58. The summed E-state index contributed by atoms with van der Waals surface area (Å²) in [5.74, 6) is 0.472. The predicted octanol–water partition coefficient (Wildman–Crippen LogP) is 1.98. The predicted molar refractivity (Wildman–Crippen MR) is 81.9 cm³/mol. The zero-order valence-corrected chi connectivity index (χ0v) is 13.6. The lowest BCUT2D eigenvalue weighted by Gasteiger charge is -2.12. The lowest BCUT2D eigenvalue weighted by Crippen LogP contribution is -2.25. The molecule has 0 radical (unpaired) electrons. The lowest BCUT2D eigenvalue weighted by molar-refractivity contribution is -0.114. The fourth-order valence-electron chi connectivity index (χ4n) is 1.70. The molecule has 0 bridgehead atoms. The van der Waals surface area contributed by atoms with Gasteiger partial charge in [-0.15, -0.1) is 0 Å². The summed E-state index contributed by atoms with van der Waals surface area (Å²) in [6.45, 7) is 5.81. The second-order valence-electron chi connectivity index (χ2n) is 5.12. The molecule has 0 aliphatic heterocycles. The number of sulfonamides is 1. The van der Waals surface area contributed by atoms with Crippen LogP contribution in [0.15, 0.2) is 23.1 Å². The van der Waals surface area contributed by atoms with E-state index >= 15 is 0 Å². The maximum Gasteiger partial charge on any atom is 0.240 e. The molecule has 0 atom stereocenters. The Morgan fingerprint density at radius 3 is 2.52 bits per heavy atom. The van der Waals surface area contributed by atoms with E-state index in [9.17, 15) is 13.2 Å². The van der Waals surface area contributed by atoms with Gasteiger partial charge >= 0.3 is 0 Å². The van der Waals surface area contributed by atoms with Gasteiger partial charge in [0.25, 0.3) is 0 Å². The molecule has 1 rings (SSSR count). The van der Waals surface area contributed by atoms with E-state index in [-0.39, 0.29) is 10.8 Å². The SMILES string of the molecule is COc1cc(S(=O)(=O)NCCC(C)C)ccc1NC(C)=O. The third-order valence-corrected chi connectivity index (χ3v) is 4.27. The molecule has 1 amide bonds. The zero-order valence-electron chi connectivity index (χ0n) is 12.8. The van der Waals surface area contributed by atoms with Crippen molar-refractivity contribution >= 4 is 21.6 Å². The molecule has 0 saturated heterocycles. The van der Waals surface area contributed by atoms with Crippen molar-refractivity contribution in [2.75, 3.05) is 19.0 Å². The molecule has 7 heteroatoms. The van der Waals surface area contributed by atoms with E-state index in [1.807, 2.05) is 13.8 Å². The first-order valence-electron chi connectivity index (χ1n) is 6.71. The van der Waals surface area contributed by atoms with Crippen LogP contribution in [-0.4, -0.2) is 28.0 Å². The molecule has 0 fully saturated rings. The van der Waals surface area contributed by atoms with Crippen molar-refractivity contribution in [1.29, 1.82) is 0 Å². The highest BCUT2D eigenvalue weighted by Gasteiger charge is 2.16. The van der Waals surface area contributed by atoms with Crippen LogP contribution in [0, 0.1) is 5.92 Å². The van der Waals surface area contributed by atoms with E-state index in [0.29, 0.717) is 23.9 Å². The van der Waals surface area contributed by atoms with Crippen molar-refractivity contribution in [1.82, 2.24) is 4.72 Å². The average molecular weight is 314 g/mol. The van der Waals surface area contributed by atoms with Gasteiger partial charge in [0, 0.05) is 19.5 Å². The Bertz CT molecular complexity index is 597. The van der Waals surface area contributed by atoms with Gasteiger partial charge in [-0.05, 0) is 24.5 Å². The number of anilines is 1. The van der Waals surface area contributed by atoms with Crippen molar-refractivity contribution in [3.8, 4) is 5.75 Å². The van der Waals surface area contributed by atoms with E-state index in [4.69, 9.17) is 4.74 Å². The highest BCUT2D eigenvalue weighted by atomic mass is 32.2. The van der Waals surface area contributed by atoms with Gasteiger partial charge < -0.3 is 10.1 Å². The average Bonchev–Trinajstić information content (AvgIpc) is 2.37. The van der Waals surface area contributed by atoms with E-state index in [0.717, 1.165) is 6.42 Å². The zero-order chi connectivity index (χ0) is 16.0. The summed E-state index contributed by atoms with van der Waals surface area (Å²) in [5.41, 5.74) is 0.436. The third kappa shape index (κ3) is 5.35. The van der Waals surface area contributed by atoms with E-state index in [2.05, 4.69) is 10.0 Å². The Labute approximate surface area is 125 Å².